The molecule has 2 nitrogen and oxygen atoms in total. The summed E-state index contributed by atoms with van der Waals surface area (Å²) in [5.74, 6) is 0.903. The second-order valence-corrected chi connectivity index (χ2v) is 3.27. The molecule has 0 aliphatic carbocycles. The third-order valence-electron chi connectivity index (χ3n) is 2.03. The average molecular weight is 187 g/mol. The van der Waals surface area contributed by atoms with Gasteiger partial charge in [0.2, 0.25) is 0 Å². The van der Waals surface area contributed by atoms with Crippen molar-refractivity contribution >= 4 is 0 Å². The molecule has 0 amide bonds. The maximum atomic E-state index is 5.57. The summed E-state index contributed by atoms with van der Waals surface area (Å²) in [6.07, 6.45) is 0. The summed E-state index contributed by atoms with van der Waals surface area (Å²) >= 11 is 0. The number of hydrogen-bond donors (Lipinski definition) is 1. The number of aryl methyl sites for hydroxylation is 1. The lowest BCUT2D eigenvalue weighted by Gasteiger charge is -2.03. The molecule has 1 N–H and O–H groups in total. The van der Waals surface area contributed by atoms with Gasteiger partial charge >= 0.3 is 0 Å². The summed E-state index contributed by atoms with van der Waals surface area (Å²) in [7, 11) is 0. The van der Waals surface area contributed by atoms with E-state index >= 15 is 0 Å². The highest BCUT2D eigenvalue weighted by Gasteiger charge is 1.96. The highest BCUT2D eigenvalue weighted by atomic mass is 16.5. The van der Waals surface area contributed by atoms with Gasteiger partial charge in [0.15, 0.2) is 0 Å². The van der Waals surface area contributed by atoms with Gasteiger partial charge in [0.05, 0.1) is 5.69 Å². The number of para-hydroxylation sites is 1. The third kappa shape index (κ3) is 2.16. The molecular weight excluding hydrogens is 174 g/mol. The van der Waals surface area contributed by atoms with Gasteiger partial charge in [0.25, 0.3) is 0 Å². The van der Waals surface area contributed by atoms with Gasteiger partial charge in [-0.3, -0.25) is 0 Å². The van der Waals surface area contributed by atoms with Crippen LogP contribution in [0.2, 0.25) is 0 Å². The van der Waals surface area contributed by atoms with E-state index in [1.54, 1.807) is 0 Å². The minimum atomic E-state index is 0.595. The zero-order valence-corrected chi connectivity index (χ0v) is 8.16. The number of H-pyrrole nitrogens is 1. The van der Waals surface area contributed by atoms with E-state index in [9.17, 15) is 0 Å². The fourth-order valence-electron chi connectivity index (χ4n) is 1.32. The van der Waals surface area contributed by atoms with Crippen molar-refractivity contribution in [2.75, 3.05) is 0 Å². The Morgan fingerprint density at radius 3 is 2.50 bits per heavy atom. The van der Waals surface area contributed by atoms with Crippen LogP contribution in [0.5, 0.6) is 5.75 Å². The van der Waals surface area contributed by atoms with E-state index in [0.717, 1.165) is 17.1 Å². The Labute approximate surface area is 83.5 Å². The van der Waals surface area contributed by atoms with Crippen molar-refractivity contribution in [1.82, 2.24) is 4.98 Å². The van der Waals surface area contributed by atoms with Crippen molar-refractivity contribution in [3.05, 3.63) is 53.9 Å². The van der Waals surface area contributed by atoms with E-state index < -0.39 is 0 Å². The molecule has 0 saturated carbocycles. The SMILES string of the molecule is Cc1ccc(COc2ccccc2)[nH]1. The molecule has 1 aromatic carbocycles. The Morgan fingerprint density at radius 2 is 1.86 bits per heavy atom. The van der Waals surface area contributed by atoms with E-state index in [4.69, 9.17) is 4.74 Å². The minimum absolute atomic E-state index is 0.595. The van der Waals surface area contributed by atoms with Gasteiger partial charge in [-0.2, -0.15) is 0 Å². The molecule has 14 heavy (non-hydrogen) atoms. The summed E-state index contributed by atoms with van der Waals surface area (Å²) in [5.41, 5.74) is 2.27. The molecule has 0 atom stereocenters. The monoisotopic (exact) mass is 187 g/mol. The maximum Gasteiger partial charge on any atom is 0.128 e. The number of hydrogen-bond acceptors (Lipinski definition) is 1. The van der Waals surface area contributed by atoms with Gasteiger partial charge < -0.3 is 9.72 Å². The van der Waals surface area contributed by atoms with Crippen molar-refractivity contribution in [1.29, 1.82) is 0 Å². The van der Waals surface area contributed by atoms with Crippen LogP contribution in [0.1, 0.15) is 11.4 Å². The van der Waals surface area contributed by atoms with Crippen molar-refractivity contribution in [2.45, 2.75) is 13.5 Å². The van der Waals surface area contributed by atoms with Crippen molar-refractivity contribution in [3.8, 4) is 5.75 Å². The average Bonchev–Trinajstić information content (AvgIpc) is 2.63. The van der Waals surface area contributed by atoms with Gasteiger partial charge in [-0.15, -0.1) is 0 Å². The largest absolute Gasteiger partial charge is 0.487 e. The minimum Gasteiger partial charge on any atom is -0.487 e. The molecule has 0 spiro atoms. The smallest absolute Gasteiger partial charge is 0.128 e. The highest BCUT2D eigenvalue weighted by Crippen LogP contribution is 2.11. The molecule has 2 rings (SSSR count). The summed E-state index contributed by atoms with van der Waals surface area (Å²) < 4.78 is 5.57. The molecule has 72 valence electrons. The van der Waals surface area contributed by atoms with Crippen molar-refractivity contribution in [2.24, 2.45) is 0 Å². The van der Waals surface area contributed by atoms with Crippen LogP contribution in [0.25, 0.3) is 0 Å². The van der Waals surface area contributed by atoms with Gasteiger partial charge in [0.1, 0.15) is 12.4 Å². The van der Waals surface area contributed by atoms with Crippen LogP contribution < -0.4 is 4.74 Å². The third-order valence-corrected chi connectivity index (χ3v) is 2.03. The first-order valence-electron chi connectivity index (χ1n) is 4.67. The summed E-state index contributed by atoms with van der Waals surface area (Å²) in [4.78, 5) is 3.22. The first-order valence-corrected chi connectivity index (χ1v) is 4.67. The van der Waals surface area contributed by atoms with Crippen LogP contribution in [0.4, 0.5) is 0 Å². The molecule has 0 aliphatic rings. The number of ether oxygens (including phenoxy) is 1. The van der Waals surface area contributed by atoms with Crippen LogP contribution in [0.3, 0.4) is 0 Å². The molecule has 0 fully saturated rings. The summed E-state index contributed by atoms with van der Waals surface area (Å²) in [6, 6.07) is 13.9. The zero-order chi connectivity index (χ0) is 9.80. The quantitative estimate of drug-likeness (QED) is 0.785. The number of nitrogens with one attached hydrogen (secondary N) is 1. The van der Waals surface area contributed by atoms with Crippen LogP contribution in [0.15, 0.2) is 42.5 Å². The highest BCUT2D eigenvalue weighted by molar-refractivity contribution is 5.21. The lowest BCUT2D eigenvalue weighted by molar-refractivity contribution is 0.302. The molecule has 0 bridgehead atoms. The fourth-order valence-corrected chi connectivity index (χ4v) is 1.32. The van der Waals surface area contributed by atoms with Crippen LogP contribution in [0, 0.1) is 6.92 Å². The lowest BCUT2D eigenvalue weighted by atomic mass is 10.3. The number of aromatic nitrogens is 1. The summed E-state index contributed by atoms with van der Waals surface area (Å²) in [5, 5.41) is 0. The number of rotatable bonds is 3. The molecule has 0 saturated heterocycles. The Bertz CT molecular complexity index is 392. The molecule has 2 aromatic rings. The normalized spacial score (nSPS) is 10.1. The number of aromatic amines is 1. The first-order chi connectivity index (χ1) is 6.84. The molecule has 2 heteroatoms. The van der Waals surface area contributed by atoms with E-state index in [1.165, 1.54) is 0 Å². The van der Waals surface area contributed by atoms with Crippen LogP contribution in [-0.2, 0) is 6.61 Å². The molecule has 0 aliphatic heterocycles. The van der Waals surface area contributed by atoms with Crippen LogP contribution in [-0.4, -0.2) is 4.98 Å². The zero-order valence-electron chi connectivity index (χ0n) is 8.16. The second kappa shape index (κ2) is 4.01. The van der Waals surface area contributed by atoms with E-state index in [-0.39, 0.29) is 0 Å². The topological polar surface area (TPSA) is 25.0 Å². The Balaban J connectivity index is 1.95. The maximum absolute atomic E-state index is 5.57. The molecule has 1 heterocycles. The van der Waals surface area contributed by atoms with E-state index in [2.05, 4.69) is 4.98 Å². The van der Waals surface area contributed by atoms with Gasteiger partial charge in [-0.1, -0.05) is 18.2 Å². The molecule has 0 radical (unpaired) electrons. The van der Waals surface area contributed by atoms with Crippen molar-refractivity contribution in [3.63, 3.8) is 0 Å². The number of benzene rings is 1. The van der Waals surface area contributed by atoms with Crippen LogP contribution >= 0.6 is 0 Å². The second-order valence-electron chi connectivity index (χ2n) is 3.27. The lowest BCUT2D eigenvalue weighted by Crippen LogP contribution is -1.95. The standard InChI is InChI=1S/C12H13NO/c1-10-7-8-11(13-10)9-14-12-5-3-2-4-6-12/h2-8,13H,9H2,1H3. The van der Waals surface area contributed by atoms with Crippen molar-refractivity contribution < 1.29 is 4.74 Å². The fraction of sp³-hybridized carbons (Fsp3) is 0.167. The molecule has 1 aromatic heterocycles. The van der Waals surface area contributed by atoms with Gasteiger partial charge in [0, 0.05) is 5.69 Å². The Hall–Kier alpha value is -1.70. The Kier molecular flexibility index (Phi) is 2.54. The molecular formula is C12H13NO. The predicted octanol–water partition coefficient (Wildman–Crippen LogP) is 2.90. The van der Waals surface area contributed by atoms with Gasteiger partial charge in [-0.05, 0) is 31.2 Å². The Morgan fingerprint density at radius 1 is 1.07 bits per heavy atom. The first kappa shape index (κ1) is 8.88. The molecule has 0 unspecified atom stereocenters. The van der Waals surface area contributed by atoms with E-state index in [0.29, 0.717) is 6.61 Å². The summed E-state index contributed by atoms with van der Waals surface area (Å²) in [6.45, 7) is 2.63. The van der Waals surface area contributed by atoms with Gasteiger partial charge in [-0.25, -0.2) is 0 Å². The van der Waals surface area contributed by atoms with E-state index in [1.807, 2.05) is 49.4 Å². The predicted molar refractivity (Wildman–Crippen MR) is 56.3 cm³/mol.